The fourth-order valence-electron chi connectivity index (χ4n) is 2.01. The molecular weight excluding hydrogens is 258 g/mol. The Morgan fingerprint density at radius 3 is 2.81 bits per heavy atom. The molecule has 0 aromatic carbocycles. The predicted octanol–water partition coefficient (Wildman–Crippen LogP) is 4.14. The maximum Gasteiger partial charge on any atom is 0.0907 e. The zero-order chi connectivity index (χ0) is 15.8. The number of nitrogens with zero attached hydrogens (tertiary/aromatic N) is 3. The van der Waals surface area contributed by atoms with E-state index in [0.29, 0.717) is 5.92 Å². The van der Waals surface area contributed by atoms with Gasteiger partial charge in [0.25, 0.3) is 0 Å². The molecule has 0 aromatic heterocycles. The maximum atomic E-state index is 4.50. The van der Waals surface area contributed by atoms with Crippen molar-refractivity contribution in [2.24, 2.45) is 15.9 Å². The molecule has 0 radical (unpaired) electrons. The van der Waals surface area contributed by atoms with E-state index in [4.69, 9.17) is 0 Å². The lowest BCUT2D eigenvalue weighted by Gasteiger charge is -2.22. The first kappa shape index (κ1) is 16.9. The summed E-state index contributed by atoms with van der Waals surface area (Å²) in [5.41, 5.74) is 3.10. The number of rotatable bonds is 7. The van der Waals surface area contributed by atoms with Gasteiger partial charge in [0.1, 0.15) is 0 Å². The second-order valence-corrected chi connectivity index (χ2v) is 5.24. The highest BCUT2D eigenvalue weighted by molar-refractivity contribution is 5.81. The largest absolute Gasteiger partial charge is 0.359 e. The molecule has 0 heterocycles. The van der Waals surface area contributed by atoms with E-state index in [9.17, 15) is 0 Å². The molecule has 1 rings (SSSR count). The number of hydrogen-bond acceptors (Lipinski definition) is 2. The molecule has 0 fully saturated rings. The lowest BCUT2D eigenvalue weighted by molar-refractivity contribution is 0.458. The van der Waals surface area contributed by atoms with Gasteiger partial charge < -0.3 is 4.90 Å². The highest BCUT2D eigenvalue weighted by Gasteiger charge is 2.15. The fraction of sp³-hybridized carbons (Fsp3) is 0.333. The topological polar surface area (TPSA) is 28.0 Å². The summed E-state index contributed by atoms with van der Waals surface area (Å²) in [6.07, 6.45) is 12.3. The average Bonchev–Trinajstić information content (AvgIpc) is 2.49. The number of aliphatic imine (C=N–C) groups is 2. The smallest absolute Gasteiger partial charge is 0.0907 e. The normalized spacial score (nSPS) is 19.6. The van der Waals surface area contributed by atoms with Gasteiger partial charge in [-0.25, -0.2) is 4.99 Å². The third-order valence-electron chi connectivity index (χ3n) is 3.72. The van der Waals surface area contributed by atoms with E-state index < -0.39 is 0 Å². The third-order valence-corrected chi connectivity index (χ3v) is 3.72. The van der Waals surface area contributed by atoms with Crippen LogP contribution in [0.2, 0.25) is 0 Å². The van der Waals surface area contributed by atoms with Gasteiger partial charge in [0.15, 0.2) is 0 Å². The first-order valence-electron chi connectivity index (χ1n) is 7.08. The van der Waals surface area contributed by atoms with Crippen LogP contribution < -0.4 is 0 Å². The fourth-order valence-corrected chi connectivity index (χ4v) is 2.01. The summed E-state index contributed by atoms with van der Waals surface area (Å²) < 4.78 is 0. The monoisotopic (exact) mass is 283 g/mol. The highest BCUT2D eigenvalue weighted by Crippen LogP contribution is 2.27. The Kier molecular flexibility index (Phi) is 6.60. The van der Waals surface area contributed by atoms with Crippen molar-refractivity contribution in [3.8, 4) is 0 Å². The van der Waals surface area contributed by atoms with Crippen LogP contribution in [0.4, 0.5) is 0 Å². The molecule has 0 spiro atoms. The molecule has 0 aliphatic heterocycles. The summed E-state index contributed by atoms with van der Waals surface area (Å²) in [6.45, 7) is 15.9. The third kappa shape index (κ3) is 5.03. The van der Waals surface area contributed by atoms with Crippen LogP contribution in [0.1, 0.15) is 20.3 Å². The molecule has 1 aliphatic carbocycles. The summed E-state index contributed by atoms with van der Waals surface area (Å²) in [5, 5.41) is 0. The van der Waals surface area contributed by atoms with E-state index in [1.807, 2.05) is 11.9 Å². The standard InChI is InChI=1S/C18H25N3/c1-7-19-13-21(6)17(5)15(3)12-20-16(4)18-11-9-8-10-14(18)2/h7-10,12-13,17-18H,1,3-4,11H2,2,5-6H3. The Bertz CT molecular complexity index is 521. The van der Waals surface area contributed by atoms with Crippen LogP contribution in [-0.4, -0.2) is 30.5 Å². The second-order valence-electron chi connectivity index (χ2n) is 5.24. The van der Waals surface area contributed by atoms with Crippen molar-refractivity contribution >= 4 is 12.6 Å². The van der Waals surface area contributed by atoms with Crippen molar-refractivity contribution in [3.05, 3.63) is 61.0 Å². The second kappa shape index (κ2) is 8.20. The van der Waals surface area contributed by atoms with Gasteiger partial charge in [-0.2, -0.15) is 0 Å². The molecule has 1 aliphatic rings. The molecule has 112 valence electrons. The SMILES string of the molecule is C=CN=CN(C)C(C)C(=C)C=NC(=C)C1CC=CC=C1C. The van der Waals surface area contributed by atoms with Gasteiger partial charge in [0.05, 0.1) is 12.4 Å². The van der Waals surface area contributed by atoms with Gasteiger partial charge in [-0.1, -0.05) is 43.5 Å². The molecule has 2 atom stereocenters. The van der Waals surface area contributed by atoms with Crippen molar-refractivity contribution in [1.82, 2.24) is 4.90 Å². The zero-order valence-electron chi connectivity index (χ0n) is 13.3. The van der Waals surface area contributed by atoms with Gasteiger partial charge in [0.2, 0.25) is 0 Å². The van der Waals surface area contributed by atoms with Crippen LogP contribution in [0.15, 0.2) is 71.0 Å². The Hall–Kier alpha value is -2.16. The van der Waals surface area contributed by atoms with Crippen LogP contribution >= 0.6 is 0 Å². The summed E-state index contributed by atoms with van der Waals surface area (Å²) in [7, 11) is 1.95. The van der Waals surface area contributed by atoms with E-state index in [0.717, 1.165) is 17.7 Å². The molecule has 0 bridgehead atoms. The van der Waals surface area contributed by atoms with Crippen molar-refractivity contribution in [3.63, 3.8) is 0 Å². The van der Waals surface area contributed by atoms with Gasteiger partial charge in [0, 0.05) is 31.1 Å². The Morgan fingerprint density at radius 2 is 2.19 bits per heavy atom. The first-order chi connectivity index (χ1) is 9.97. The predicted molar refractivity (Wildman–Crippen MR) is 93.7 cm³/mol. The molecular formula is C18H25N3. The van der Waals surface area contributed by atoms with Crippen molar-refractivity contribution in [2.75, 3.05) is 7.05 Å². The molecule has 0 saturated heterocycles. The molecule has 3 nitrogen and oxygen atoms in total. The minimum atomic E-state index is 0.119. The summed E-state index contributed by atoms with van der Waals surface area (Å²) >= 11 is 0. The summed E-state index contributed by atoms with van der Waals surface area (Å²) in [4.78, 5) is 10.5. The van der Waals surface area contributed by atoms with Gasteiger partial charge in [-0.05, 0) is 25.8 Å². The Labute approximate surface area is 128 Å². The Balaban J connectivity index is 2.63. The molecule has 0 saturated carbocycles. The number of likely N-dealkylation sites (N-methyl/N-ethyl adjacent to an activating group) is 1. The highest BCUT2D eigenvalue weighted by atomic mass is 15.1. The molecule has 3 heteroatoms. The van der Waals surface area contributed by atoms with E-state index >= 15 is 0 Å². The van der Waals surface area contributed by atoms with Crippen molar-refractivity contribution in [2.45, 2.75) is 26.3 Å². The average molecular weight is 283 g/mol. The lowest BCUT2D eigenvalue weighted by atomic mass is 9.90. The van der Waals surface area contributed by atoms with Crippen LogP contribution in [-0.2, 0) is 0 Å². The van der Waals surface area contributed by atoms with Gasteiger partial charge >= 0.3 is 0 Å². The minimum absolute atomic E-state index is 0.119. The van der Waals surface area contributed by atoms with E-state index in [1.165, 1.54) is 11.8 Å². The summed E-state index contributed by atoms with van der Waals surface area (Å²) in [5.74, 6) is 0.300. The van der Waals surface area contributed by atoms with Gasteiger partial charge in [-0.3, -0.25) is 4.99 Å². The van der Waals surface area contributed by atoms with Crippen molar-refractivity contribution < 1.29 is 0 Å². The molecule has 0 N–H and O–H groups in total. The zero-order valence-corrected chi connectivity index (χ0v) is 13.3. The number of hydrogen-bond donors (Lipinski definition) is 0. The maximum absolute atomic E-state index is 4.50. The van der Waals surface area contributed by atoms with Crippen LogP contribution in [0.5, 0.6) is 0 Å². The van der Waals surface area contributed by atoms with Crippen molar-refractivity contribution in [1.29, 1.82) is 0 Å². The molecule has 21 heavy (non-hydrogen) atoms. The molecule has 0 amide bonds. The first-order valence-corrected chi connectivity index (χ1v) is 7.08. The lowest BCUT2D eigenvalue weighted by Crippen LogP contribution is -2.29. The summed E-state index contributed by atoms with van der Waals surface area (Å²) in [6, 6.07) is 0.119. The molecule has 0 aromatic rings. The van der Waals surface area contributed by atoms with Crippen LogP contribution in [0.3, 0.4) is 0 Å². The molecule has 2 unspecified atom stereocenters. The van der Waals surface area contributed by atoms with Crippen LogP contribution in [0, 0.1) is 5.92 Å². The van der Waals surface area contributed by atoms with Gasteiger partial charge in [-0.15, -0.1) is 0 Å². The Morgan fingerprint density at radius 1 is 1.48 bits per heavy atom. The number of allylic oxidation sites excluding steroid dienone is 4. The van der Waals surface area contributed by atoms with Crippen LogP contribution in [0.25, 0.3) is 0 Å². The minimum Gasteiger partial charge on any atom is -0.359 e. The van der Waals surface area contributed by atoms with E-state index in [1.54, 1.807) is 12.6 Å². The van der Waals surface area contributed by atoms with E-state index in [-0.39, 0.29) is 6.04 Å². The quantitative estimate of drug-likeness (QED) is 0.510. The van der Waals surface area contributed by atoms with E-state index in [2.05, 4.69) is 61.8 Å².